The van der Waals surface area contributed by atoms with Crippen LogP contribution in [0.3, 0.4) is 0 Å². The standard InChI is InChI=1S/C13H18N6O2/c1-9-8-10(2)19(17-9)12-14-11(15-13(16-12)20-3)18-4-6-21-7-5-18/h8H,4-7H2,1-3H3. The van der Waals surface area contributed by atoms with Crippen LogP contribution in [0.2, 0.25) is 0 Å². The Labute approximate surface area is 122 Å². The minimum Gasteiger partial charge on any atom is -0.467 e. The molecule has 0 spiro atoms. The van der Waals surface area contributed by atoms with E-state index in [1.807, 2.05) is 19.9 Å². The number of ether oxygens (including phenoxy) is 2. The average Bonchev–Trinajstić information content (AvgIpc) is 2.86. The van der Waals surface area contributed by atoms with Crippen molar-refractivity contribution < 1.29 is 9.47 Å². The van der Waals surface area contributed by atoms with Crippen LogP contribution in [0.15, 0.2) is 6.07 Å². The lowest BCUT2D eigenvalue weighted by Crippen LogP contribution is -2.37. The molecule has 0 radical (unpaired) electrons. The van der Waals surface area contributed by atoms with E-state index in [0.29, 0.717) is 25.1 Å². The molecule has 1 fully saturated rings. The van der Waals surface area contributed by atoms with Gasteiger partial charge in [0.2, 0.25) is 5.95 Å². The molecule has 8 nitrogen and oxygen atoms in total. The summed E-state index contributed by atoms with van der Waals surface area (Å²) in [4.78, 5) is 15.2. The molecule has 0 aliphatic carbocycles. The largest absolute Gasteiger partial charge is 0.467 e. The van der Waals surface area contributed by atoms with Gasteiger partial charge in [0.25, 0.3) is 5.95 Å². The summed E-state index contributed by atoms with van der Waals surface area (Å²) in [5, 5.41) is 4.41. The van der Waals surface area contributed by atoms with Crippen molar-refractivity contribution in [2.75, 3.05) is 38.3 Å². The second kappa shape index (κ2) is 5.65. The third-order valence-corrected chi connectivity index (χ3v) is 3.27. The van der Waals surface area contributed by atoms with Crippen LogP contribution in [-0.2, 0) is 4.74 Å². The molecule has 1 aliphatic rings. The topological polar surface area (TPSA) is 78.2 Å². The normalized spacial score (nSPS) is 15.3. The monoisotopic (exact) mass is 290 g/mol. The number of nitrogens with zero attached hydrogens (tertiary/aromatic N) is 6. The number of hydrogen-bond donors (Lipinski definition) is 0. The minimum absolute atomic E-state index is 0.286. The lowest BCUT2D eigenvalue weighted by Gasteiger charge is -2.26. The van der Waals surface area contributed by atoms with Gasteiger partial charge in [-0.3, -0.25) is 0 Å². The molecule has 2 aromatic rings. The molecule has 3 rings (SSSR count). The molecule has 0 saturated carbocycles. The Balaban J connectivity index is 2.02. The van der Waals surface area contributed by atoms with Gasteiger partial charge < -0.3 is 14.4 Å². The zero-order chi connectivity index (χ0) is 14.8. The Bertz CT molecular complexity index is 636. The first-order chi connectivity index (χ1) is 10.2. The smallest absolute Gasteiger partial charge is 0.322 e. The second-order valence-electron chi connectivity index (χ2n) is 4.86. The molecular formula is C13H18N6O2. The van der Waals surface area contributed by atoms with Crippen LogP contribution in [0, 0.1) is 13.8 Å². The van der Waals surface area contributed by atoms with Crippen LogP contribution >= 0.6 is 0 Å². The van der Waals surface area contributed by atoms with Crippen LogP contribution in [0.4, 0.5) is 5.95 Å². The van der Waals surface area contributed by atoms with Gasteiger partial charge in [0.05, 0.1) is 26.0 Å². The van der Waals surface area contributed by atoms with Gasteiger partial charge in [0, 0.05) is 18.8 Å². The number of methoxy groups -OCH3 is 1. The van der Waals surface area contributed by atoms with Gasteiger partial charge in [-0.2, -0.15) is 20.1 Å². The van der Waals surface area contributed by atoms with Gasteiger partial charge in [-0.15, -0.1) is 0 Å². The Morgan fingerprint density at radius 3 is 2.43 bits per heavy atom. The molecular weight excluding hydrogens is 272 g/mol. The highest BCUT2D eigenvalue weighted by Gasteiger charge is 2.18. The van der Waals surface area contributed by atoms with E-state index >= 15 is 0 Å². The molecule has 0 atom stereocenters. The van der Waals surface area contributed by atoms with Crippen molar-refractivity contribution in [3.63, 3.8) is 0 Å². The average molecular weight is 290 g/mol. The highest BCUT2D eigenvalue weighted by atomic mass is 16.5. The molecule has 8 heteroatoms. The highest BCUT2D eigenvalue weighted by Crippen LogP contribution is 2.17. The fraction of sp³-hybridized carbons (Fsp3) is 0.538. The molecule has 0 unspecified atom stereocenters. The summed E-state index contributed by atoms with van der Waals surface area (Å²) in [6, 6.07) is 2.26. The van der Waals surface area contributed by atoms with Crippen molar-refractivity contribution in [2.24, 2.45) is 0 Å². The lowest BCUT2D eigenvalue weighted by atomic mass is 10.4. The maximum Gasteiger partial charge on any atom is 0.322 e. The van der Waals surface area contributed by atoms with Crippen molar-refractivity contribution in [2.45, 2.75) is 13.8 Å². The maximum absolute atomic E-state index is 5.35. The number of rotatable bonds is 3. The molecule has 1 aliphatic heterocycles. The Morgan fingerprint density at radius 1 is 1.10 bits per heavy atom. The molecule has 0 bridgehead atoms. The van der Waals surface area contributed by atoms with Crippen molar-refractivity contribution >= 4 is 5.95 Å². The van der Waals surface area contributed by atoms with E-state index in [9.17, 15) is 0 Å². The molecule has 1 saturated heterocycles. The quantitative estimate of drug-likeness (QED) is 0.815. The van der Waals surface area contributed by atoms with E-state index in [0.717, 1.165) is 24.5 Å². The molecule has 0 amide bonds. The summed E-state index contributed by atoms with van der Waals surface area (Å²) in [5.74, 6) is 1.06. The van der Waals surface area contributed by atoms with Crippen LogP contribution in [0.5, 0.6) is 6.01 Å². The number of aryl methyl sites for hydroxylation is 2. The summed E-state index contributed by atoms with van der Waals surface area (Å²) in [5.41, 5.74) is 1.88. The summed E-state index contributed by atoms with van der Waals surface area (Å²) in [7, 11) is 1.55. The summed E-state index contributed by atoms with van der Waals surface area (Å²) < 4.78 is 12.2. The molecule has 3 heterocycles. The molecule has 112 valence electrons. The zero-order valence-electron chi connectivity index (χ0n) is 12.4. The van der Waals surface area contributed by atoms with E-state index in [2.05, 4.69) is 25.0 Å². The maximum atomic E-state index is 5.35. The SMILES string of the molecule is COc1nc(N2CCOCC2)nc(-n2nc(C)cc2C)n1. The van der Waals surface area contributed by atoms with Gasteiger partial charge in [-0.1, -0.05) is 0 Å². The van der Waals surface area contributed by atoms with Crippen LogP contribution in [-0.4, -0.2) is 58.1 Å². The van der Waals surface area contributed by atoms with Gasteiger partial charge in [0.15, 0.2) is 0 Å². The first-order valence-corrected chi connectivity index (χ1v) is 6.84. The van der Waals surface area contributed by atoms with Crippen molar-refractivity contribution in [3.05, 3.63) is 17.5 Å². The fourth-order valence-corrected chi connectivity index (χ4v) is 2.26. The Kier molecular flexibility index (Phi) is 3.70. The molecule has 2 aromatic heterocycles. The third kappa shape index (κ3) is 2.80. The molecule has 21 heavy (non-hydrogen) atoms. The number of morpholine rings is 1. The van der Waals surface area contributed by atoms with Crippen LogP contribution in [0.1, 0.15) is 11.4 Å². The Morgan fingerprint density at radius 2 is 1.81 bits per heavy atom. The fourth-order valence-electron chi connectivity index (χ4n) is 2.26. The van der Waals surface area contributed by atoms with E-state index in [4.69, 9.17) is 9.47 Å². The lowest BCUT2D eigenvalue weighted by molar-refractivity contribution is 0.122. The van der Waals surface area contributed by atoms with Crippen LogP contribution < -0.4 is 9.64 Å². The van der Waals surface area contributed by atoms with Crippen molar-refractivity contribution in [1.29, 1.82) is 0 Å². The molecule has 0 aromatic carbocycles. The first-order valence-electron chi connectivity index (χ1n) is 6.84. The van der Waals surface area contributed by atoms with Gasteiger partial charge in [-0.05, 0) is 19.9 Å². The second-order valence-corrected chi connectivity index (χ2v) is 4.86. The first kappa shape index (κ1) is 13.7. The number of hydrogen-bond acceptors (Lipinski definition) is 7. The van der Waals surface area contributed by atoms with Crippen molar-refractivity contribution in [3.8, 4) is 12.0 Å². The third-order valence-electron chi connectivity index (χ3n) is 3.27. The predicted octanol–water partition coefficient (Wildman–Crippen LogP) is 0.519. The minimum atomic E-state index is 0.286. The summed E-state index contributed by atoms with van der Waals surface area (Å²) >= 11 is 0. The van der Waals surface area contributed by atoms with Crippen LogP contribution in [0.25, 0.3) is 5.95 Å². The van der Waals surface area contributed by atoms with E-state index in [-0.39, 0.29) is 6.01 Å². The molecule has 0 N–H and O–H groups in total. The van der Waals surface area contributed by atoms with E-state index < -0.39 is 0 Å². The summed E-state index contributed by atoms with van der Waals surface area (Å²) in [6.45, 7) is 6.75. The van der Waals surface area contributed by atoms with Gasteiger partial charge >= 0.3 is 6.01 Å². The Hall–Kier alpha value is -2.22. The van der Waals surface area contributed by atoms with Crippen molar-refractivity contribution in [1.82, 2.24) is 24.7 Å². The van der Waals surface area contributed by atoms with Gasteiger partial charge in [-0.25, -0.2) is 4.68 Å². The highest BCUT2D eigenvalue weighted by molar-refractivity contribution is 5.35. The van der Waals surface area contributed by atoms with Gasteiger partial charge in [0.1, 0.15) is 0 Å². The number of anilines is 1. The zero-order valence-corrected chi connectivity index (χ0v) is 12.4. The summed E-state index contributed by atoms with van der Waals surface area (Å²) in [6.07, 6.45) is 0. The van der Waals surface area contributed by atoms with E-state index in [1.54, 1.807) is 11.8 Å². The van der Waals surface area contributed by atoms with E-state index in [1.165, 1.54) is 0 Å². The number of aromatic nitrogens is 5. The predicted molar refractivity (Wildman–Crippen MR) is 76.0 cm³/mol.